The fraction of sp³-hybridized carbons (Fsp3) is 0.444. The summed E-state index contributed by atoms with van der Waals surface area (Å²) in [7, 11) is 0. The lowest BCUT2D eigenvalue weighted by atomic mass is 10.1. The molecule has 3 aliphatic rings. The third-order valence-electron chi connectivity index (χ3n) is 5.09. The number of nitro groups is 1. The highest BCUT2D eigenvalue weighted by Gasteiger charge is 2.52. The van der Waals surface area contributed by atoms with Gasteiger partial charge < -0.3 is 15.4 Å². The predicted octanol–water partition coefficient (Wildman–Crippen LogP) is 1.14. The van der Waals surface area contributed by atoms with E-state index in [-0.39, 0.29) is 29.3 Å². The van der Waals surface area contributed by atoms with Crippen LogP contribution in [0.3, 0.4) is 0 Å². The molecule has 1 amide bonds. The fourth-order valence-electron chi connectivity index (χ4n) is 3.50. The fourth-order valence-corrected chi connectivity index (χ4v) is 5.73. The van der Waals surface area contributed by atoms with Gasteiger partial charge in [0, 0.05) is 42.5 Å². The Morgan fingerprint density at radius 3 is 2.62 bits per heavy atom. The molecule has 29 heavy (non-hydrogen) atoms. The first-order chi connectivity index (χ1) is 14.0. The number of carbonyl (C=O) groups excluding carboxylic acids is 2. The van der Waals surface area contributed by atoms with Crippen LogP contribution < -0.4 is 5.73 Å². The summed E-state index contributed by atoms with van der Waals surface area (Å²) >= 11 is 3.43. The van der Waals surface area contributed by atoms with Gasteiger partial charge in [-0.15, -0.1) is 11.8 Å². The number of esters is 1. The smallest absolute Gasteiger partial charge is 0.357 e. The summed E-state index contributed by atoms with van der Waals surface area (Å²) in [5, 5.41) is 10.5. The van der Waals surface area contributed by atoms with Crippen LogP contribution in [0, 0.1) is 10.1 Å². The molecule has 0 bridgehead atoms. The molecule has 4 rings (SSSR count). The third-order valence-corrected chi connectivity index (χ3v) is 7.32. The van der Waals surface area contributed by atoms with Crippen LogP contribution in [0.5, 0.6) is 0 Å². The standard InChI is InChI=1S/C18H20N4O5S2/c19-14-16(23)21-15(13(10-29-17(14)21)20-5-7-28-8-6-20)18(24)27-9-11-1-3-12(4-2-11)22(25)26/h1-4,14,17H,5-10,19H2/t14?,17-/m0/s1. The molecule has 9 nitrogen and oxygen atoms in total. The average molecular weight is 437 g/mol. The largest absolute Gasteiger partial charge is 0.456 e. The highest BCUT2D eigenvalue weighted by Crippen LogP contribution is 2.41. The Labute approximate surface area is 175 Å². The number of amides is 1. The molecule has 0 radical (unpaired) electrons. The van der Waals surface area contributed by atoms with Crippen LogP contribution in [-0.2, 0) is 20.9 Å². The molecule has 2 saturated heterocycles. The van der Waals surface area contributed by atoms with E-state index in [0.29, 0.717) is 11.3 Å². The van der Waals surface area contributed by atoms with Crippen molar-refractivity contribution in [3.8, 4) is 0 Å². The maximum absolute atomic E-state index is 13.0. The van der Waals surface area contributed by atoms with Crippen molar-refractivity contribution in [2.75, 3.05) is 30.3 Å². The molecule has 154 valence electrons. The van der Waals surface area contributed by atoms with Gasteiger partial charge in [0.15, 0.2) is 5.70 Å². The van der Waals surface area contributed by atoms with Crippen LogP contribution >= 0.6 is 23.5 Å². The van der Waals surface area contributed by atoms with Crippen LogP contribution in [0.2, 0.25) is 0 Å². The number of hydrogen-bond donors (Lipinski definition) is 1. The monoisotopic (exact) mass is 436 g/mol. The lowest BCUT2D eigenvalue weighted by molar-refractivity contribution is -0.384. The normalized spacial score (nSPS) is 24.1. The van der Waals surface area contributed by atoms with E-state index in [9.17, 15) is 19.7 Å². The summed E-state index contributed by atoms with van der Waals surface area (Å²) in [4.78, 5) is 39.2. The molecule has 3 aliphatic heterocycles. The lowest BCUT2D eigenvalue weighted by Crippen LogP contribution is -2.69. The van der Waals surface area contributed by atoms with Crippen LogP contribution in [0.25, 0.3) is 0 Å². The Bertz CT molecular complexity index is 870. The van der Waals surface area contributed by atoms with Gasteiger partial charge >= 0.3 is 5.97 Å². The van der Waals surface area contributed by atoms with E-state index in [1.165, 1.54) is 17.0 Å². The first-order valence-corrected chi connectivity index (χ1v) is 11.3. The van der Waals surface area contributed by atoms with Gasteiger partial charge in [-0.25, -0.2) is 4.79 Å². The molecule has 1 aromatic rings. The van der Waals surface area contributed by atoms with Gasteiger partial charge in [0.05, 0.1) is 10.6 Å². The zero-order valence-corrected chi connectivity index (χ0v) is 17.1. The SMILES string of the molecule is NC1C(=O)N2C(C(=O)OCc3ccc([N+](=O)[O-])cc3)=C(N3CCSCC3)CS[C@@H]12. The van der Waals surface area contributed by atoms with Crippen LogP contribution in [0.15, 0.2) is 35.7 Å². The van der Waals surface area contributed by atoms with Gasteiger partial charge in [-0.2, -0.15) is 11.8 Å². The van der Waals surface area contributed by atoms with Crippen molar-refractivity contribution in [1.82, 2.24) is 9.80 Å². The van der Waals surface area contributed by atoms with Gasteiger partial charge in [0.2, 0.25) is 5.91 Å². The zero-order valence-electron chi connectivity index (χ0n) is 15.5. The Morgan fingerprint density at radius 1 is 1.28 bits per heavy atom. The topological polar surface area (TPSA) is 119 Å². The molecule has 0 aliphatic carbocycles. The van der Waals surface area contributed by atoms with Gasteiger partial charge in [-0.1, -0.05) is 0 Å². The number of benzene rings is 1. The van der Waals surface area contributed by atoms with Crippen molar-refractivity contribution in [3.05, 3.63) is 51.3 Å². The molecular weight excluding hydrogens is 416 g/mol. The number of carbonyl (C=O) groups is 2. The minimum absolute atomic E-state index is 0.0275. The predicted molar refractivity (Wildman–Crippen MR) is 110 cm³/mol. The maximum Gasteiger partial charge on any atom is 0.357 e. The van der Waals surface area contributed by atoms with Crippen molar-refractivity contribution >= 4 is 41.1 Å². The van der Waals surface area contributed by atoms with Crippen molar-refractivity contribution in [2.45, 2.75) is 18.0 Å². The maximum atomic E-state index is 13.0. The van der Waals surface area contributed by atoms with E-state index in [1.54, 1.807) is 23.9 Å². The zero-order chi connectivity index (χ0) is 20.5. The Balaban J connectivity index is 1.54. The van der Waals surface area contributed by atoms with Crippen LogP contribution in [0.4, 0.5) is 5.69 Å². The number of hydrogen-bond acceptors (Lipinski definition) is 9. The summed E-state index contributed by atoms with van der Waals surface area (Å²) < 4.78 is 5.48. The number of β-lactam (4-membered cyclic amide) rings is 1. The molecule has 1 aromatic carbocycles. The minimum atomic E-state index is -0.601. The molecular formula is C18H20N4O5S2. The first kappa shape index (κ1) is 20.0. The van der Waals surface area contributed by atoms with Gasteiger partial charge in [0.25, 0.3) is 5.69 Å². The second-order valence-corrected chi connectivity index (χ2v) is 9.16. The highest BCUT2D eigenvalue weighted by atomic mass is 32.2. The van der Waals surface area contributed by atoms with E-state index >= 15 is 0 Å². The lowest BCUT2D eigenvalue weighted by Gasteiger charge is -2.49. The third kappa shape index (κ3) is 3.81. The second-order valence-electron chi connectivity index (χ2n) is 6.83. The molecule has 11 heteroatoms. The average Bonchev–Trinajstić information content (AvgIpc) is 2.76. The minimum Gasteiger partial charge on any atom is -0.456 e. The van der Waals surface area contributed by atoms with Crippen LogP contribution in [-0.4, -0.2) is 68.4 Å². The second kappa shape index (κ2) is 8.25. The van der Waals surface area contributed by atoms with E-state index in [0.717, 1.165) is 30.3 Å². The van der Waals surface area contributed by atoms with Crippen molar-refractivity contribution in [2.24, 2.45) is 5.73 Å². The number of nitrogens with zero attached hydrogens (tertiary/aromatic N) is 3. The van der Waals surface area contributed by atoms with Crippen molar-refractivity contribution in [3.63, 3.8) is 0 Å². The van der Waals surface area contributed by atoms with E-state index < -0.39 is 16.9 Å². The molecule has 0 saturated carbocycles. The Kier molecular flexibility index (Phi) is 5.70. The number of non-ortho nitro benzene ring substituents is 1. The number of nitrogens with two attached hydrogens (primary N) is 1. The molecule has 3 heterocycles. The first-order valence-electron chi connectivity index (χ1n) is 9.14. The number of nitro benzene ring substituents is 1. The summed E-state index contributed by atoms with van der Waals surface area (Å²) in [6.07, 6.45) is 0. The number of thioether (sulfide) groups is 2. The Morgan fingerprint density at radius 2 is 1.97 bits per heavy atom. The van der Waals surface area contributed by atoms with Gasteiger partial charge in [0.1, 0.15) is 18.0 Å². The molecule has 2 fully saturated rings. The number of ether oxygens (including phenoxy) is 1. The highest BCUT2D eigenvalue weighted by molar-refractivity contribution is 8.00. The molecule has 2 atom stereocenters. The Hall–Kier alpha value is -2.24. The molecule has 2 N–H and O–H groups in total. The quantitative estimate of drug-likeness (QED) is 0.314. The summed E-state index contributed by atoms with van der Waals surface area (Å²) in [5.74, 6) is 1.71. The van der Waals surface area contributed by atoms with Gasteiger partial charge in [-0.3, -0.25) is 19.8 Å². The summed E-state index contributed by atoms with van der Waals surface area (Å²) in [6.45, 7) is 1.60. The number of rotatable bonds is 5. The number of fused-ring (bicyclic) bond motifs is 1. The molecule has 0 spiro atoms. The molecule has 1 unspecified atom stereocenters. The summed E-state index contributed by atoms with van der Waals surface area (Å²) in [5.41, 5.74) is 7.62. The van der Waals surface area contributed by atoms with E-state index in [4.69, 9.17) is 10.5 Å². The van der Waals surface area contributed by atoms with Crippen LogP contribution in [0.1, 0.15) is 5.56 Å². The van der Waals surface area contributed by atoms with E-state index in [2.05, 4.69) is 4.90 Å². The van der Waals surface area contributed by atoms with Crippen molar-refractivity contribution in [1.29, 1.82) is 0 Å². The van der Waals surface area contributed by atoms with Crippen molar-refractivity contribution < 1.29 is 19.2 Å². The van der Waals surface area contributed by atoms with Gasteiger partial charge in [-0.05, 0) is 17.7 Å². The summed E-state index contributed by atoms with van der Waals surface area (Å²) in [6, 6.07) is 5.23. The van der Waals surface area contributed by atoms with E-state index in [1.807, 2.05) is 11.8 Å². The molecule has 0 aromatic heterocycles.